The summed E-state index contributed by atoms with van der Waals surface area (Å²) in [6, 6.07) is 0. The topological polar surface area (TPSA) is 15.7 Å². The van der Waals surface area contributed by atoms with Crippen LogP contribution in [-0.2, 0) is 4.74 Å². The SMILES string of the molecule is COCC(F)(F)CCCN1CCN(C)CC1. The molecule has 0 aromatic carbocycles. The number of hydrogen-bond donors (Lipinski definition) is 0. The smallest absolute Gasteiger partial charge is 0.271 e. The van der Waals surface area contributed by atoms with E-state index in [9.17, 15) is 8.78 Å². The van der Waals surface area contributed by atoms with E-state index in [-0.39, 0.29) is 6.42 Å². The second kappa shape index (κ2) is 6.47. The first-order chi connectivity index (χ1) is 7.53. The first-order valence-electron chi connectivity index (χ1n) is 5.81. The molecule has 1 aliphatic rings. The molecule has 0 aromatic rings. The number of methoxy groups -OCH3 is 1. The van der Waals surface area contributed by atoms with Crippen LogP contribution in [0, 0.1) is 0 Å². The molecule has 3 nitrogen and oxygen atoms in total. The van der Waals surface area contributed by atoms with Gasteiger partial charge in [0.15, 0.2) is 0 Å². The molecule has 5 heteroatoms. The molecule has 0 spiro atoms. The fraction of sp³-hybridized carbons (Fsp3) is 1.00. The van der Waals surface area contributed by atoms with Crippen LogP contribution >= 0.6 is 0 Å². The predicted octanol–water partition coefficient (Wildman–Crippen LogP) is 1.30. The Hall–Kier alpha value is -0.260. The summed E-state index contributed by atoms with van der Waals surface area (Å²) in [4.78, 5) is 4.51. The van der Waals surface area contributed by atoms with Crippen molar-refractivity contribution in [1.82, 2.24) is 9.80 Å². The molecule has 1 saturated heterocycles. The number of hydrogen-bond acceptors (Lipinski definition) is 3. The number of piperazine rings is 1. The largest absolute Gasteiger partial charge is 0.378 e. The highest BCUT2D eigenvalue weighted by molar-refractivity contribution is 4.71. The van der Waals surface area contributed by atoms with Crippen LogP contribution in [0.15, 0.2) is 0 Å². The van der Waals surface area contributed by atoms with E-state index < -0.39 is 12.5 Å². The van der Waals surface area contributed by atoms with Crippen molar-refractivity contribution in [2.45, 2.75) is 18.8 Å². The van der Waals surface area contributed by atoms with Crippen LogP contribution in [0.25, 0.3) is 0 Å². The third-order valence-electron chi connectivity index (χ3n) is 2.97. The summed E-state index contributed by atoms with van der Waals surface area (Å²) in [5, 5.41) is 0. The lowest BCUT2D eigenvalue weighted by molar-refractivity contribution is -0.0722. The van der Waals surface area contributed by atoms with Gasteiger partial charge in [0.25, 0.3) is 5.92 Å². The minimum absolute atomic E-state index is 0.0762. The fourth-order valence-electron chi connectivity index (χ4n) is 1.92. The van der Waals surface area contributed by atoms with Crippen molar-refractivity contribution in [3.8, 4) is 0 Å². The van der Waals surface area contributed by atoms with E-state index >= 15 is 0 Å². The van der Waals surface area contributed by atoms with Gasteiger partial charge < -0.3 is 14.5 Å². The average Bonchev–Trinajstić information content (AvgIpc) is 2.20. The van der Waals surface area contributed by atoms with E-state index in [4.69, 9.17) is 0 Å². The summed E-state index contributed by atoms with van der Waals surface area (Å²) >= 11 is 0. The van der Waals surface area contributed by atoms with Crippen molar-refractivity contribution >= 4 is 0 Å². The molecule has 1 aliphatic heterocycles. The lowest BCUT2D eigenvalue weighted by atomic mass is 10.2. The lowest BCUT2D eigenvalue weighted by Crippen LogP contribution is -2.44. The van der Waals surface area contributed by atoms with Crippen molar-refractivity contribution in [3.63, 3.8) is 0 Å². The highest BCUT2D eigenvalue weighted by atomic mass is 19.3. The first kappa shape index (κ1) is 13.8. The normalized spacial score (nSPS) is 20.2. The van der Waals surface area contributed by atoms with Crippen molar-refractivity contribution in [1.29, 1.82) is 0 Å². The van der Waals surface area contributed by atoms with Crippen LogP contribution in [-0.4, -0.2) is 69.2 Å². The molecule has 0 bridgehead atoms. The molecule has 1 heterocycles. The lowest BCUT2D eigenvalue weighted by Gasteiger charge is -2.32. The van der Waals surface area contributed by atoms with Gasteiger partial charge in [-0.1, -0.05) is 0 Å². The van der Waals surface area contributed by atoms with E-state index in [1.807, 2.05) is 0 Å². The number of ether oxygens (including phenoxy) is 1. The molecule has 0 aliphatic carbocycles. The molecule has 0 atom stereocenters. The Labute approximate surface area is 96.3 Å². The molecule has 16 heavy (non-hydrogen) atoms. The predicted molar refractivity (Wildman–Crippen MR) is 60.0 cm³/mol. The zero-order chi connectivity index (χ0) is 12.0. The van der Waals surface area contributed by atoms with Gasteiger partial charge in [0.2, 0.25) is 0 Å². The summed E-state index contributed by atoms with van der Waals surface area (Å²) in [6.07, 6.45) is 0.466. The molecular formula is C11H22F2N2O. The van der Waals surface area contributed by atoms with Crippen LogP contribution in [0.4, 0.5) is 8.78 Å². The summed E-state index contributed by atoms with van der Waals surface area (Å²) in [6.45, 7) is 4.37. The molecule has 1 fully saturated rings. The molecule has 0 saturated carbocycles. The Morgan fingerprint density at radius 2 is 1.81 bits per heavy atom. The van der Waals surface area contributed by atoms with Gasteiger partial charge in [-0.05, 0) is 20.0 Å². The van der Waals surface area contributed by atoms with Gasteiger partial charge in [0.05, 0.1) is 0 Å². The monoisotopic (exact) mass is 236 g/mol. The highest BCUT2D eigenvalue weighted by Gasteiger charge is 2.28. The van der Waals surface area contributed by atoms with E-state index in [0.717, 1.165) is 32.7 Å². The Morgan fingerprint density at radius 3 is 2.38 bits per heavy atom. The molecule has 0 amide bonds. The zero-order valence-corrected chi connectivity index (χ0v) is 10.2. The van der Waals surface area contributed by atoms with Crippen LogP contribution in [0.5, 0.6) is 0 Å². The maximum Gasteiger partial charge on any atom is 0.271 e. The number of alkyl halides is 2. The van der Waals surface area contributed by atoms with Crippen molar-refractivity contribution in [2.75, 3.05) is 53.5 Å². The van der Waals surface area contributed by atoms with Gasteiger partial charge in [0, 0.05) is 39.7 Å². The number of halogens is 2. The third-order valence-corrected chi connectivity index (χ3v) is 2.97. The maximum atomic E-state index is 13.1. The van der Waals surface area contributed by atoms with Crippen LogP contribution in [0.3, 0.4) is 0 Å². The number of likely N-dealkylation sites (N-methyl/N-ethyl adjacent to an activating group) is 1. The van der Waals surface area contributed by atoms with Crippen molar-refractivity contribution in [2.24, 2.45) is 0 Å². The minimum atomic E-state index is -2.67. The standard InChI is InChI=1S/C11H22F2N2O/c1-14-6-8-15(9-7-14)5-3-4-11(12,13)10-16-2/h3-10H2,1-2H3. The maximum absolute atomic E-state index is 13.1. The Balaban J connectivity index is 2.11. The quantitative estimate of drug-likeness (QED) is 0.691. The average molecular weight is 236 g/mol. The highest BCUT2D eigenvalue weighted by Crippen LogP contribution is 2.20. The molecule has 0 unspecified atom stereocenters. The van der Waals surface area contributed by atoms with Gasteiger partial charge in [-0.2, -0.15) is 0 Å². The van der Waals surface area contributed by atoms with Gasteiger partial charge in [-0.25, -0.2) is 8.78 Å². The van der Waals surface area contributed by atoms with Gasteiger partial charge in [-0.3, -0.25) is 0 Å². The Kier molecular flexibility index (Phi) is 5.58. The van der Waals surface area contributed by atoms with Crippen molar-refractivity contribution in [3.05, 3.63) is 0 Å². The van der Waals surface area contributed by atoms with Crippen LogP contribution in [0.2, 0.25) is 0 Å². The molecule has 1 rings (SSSR count). The third kappa shape index (κ3) is 5.18. The van der Waals surface area contributed by atoms with E-state index in [1.165, 1.54) is 7.11 Å². The van der Waals surface area contributed by atoms with Crippen molar-refractivity contribution < 1.29 is 13.5 Å². The van der Waals surface area contributed by atoms with E-state index in [1.54, 1.807) is 0 Å². The molecule has 0 radical (unpaired) electrons. The van der Waals surface area contributed by atoms with Crippen LogP contribution in [0.1, 0.15) is 12.8 Å². The minimum Gasteiger partial charge on any atom is -0.378 e. The first-order valence-corrected chi connectivity index (χ1v) is 5.81. The van der Waals surface area contributed by atoms with Gasteiger partial charge in [-0.15, -0.1) is 0 Å². The Morgan fingerprint density at radius 1 is 1.19 bits per heavy atom. The number of nitrogens with zero attached hydrogens (tertiary/aromatic N) is 2. The summed E-state index contributed by atoms with van der Waals surface area (Å²) in [5.74, 6) is -2.67. The fourth-order valence-corrected chi connectivity index (χ4v) is 1.92. The molecule has 0 N–H and O–H groups in total. The van der Waals surface area contributed by atoms with Gasteiger partial charge in [0.1, 0.15) is 6.61 Å². The summed E-state index contributed by atoms with van der Waals surface area (Å²) < 4.78 is 30.7. The summed E-state index contributed by atoms with van der Waals surface area (Å²) in [5.41, 5.74) is 0. The molecule has 0 aromatic heterocycles. The Bertz CT molecular complexity index is 194. The zero-order valence-electron chi connectivity index (χ0n) is 10.2. The molecule has 96 valence electrons. The second-order valence-electron chi connectivity index (χ2n) is 4.54. The van der Waals surface area contributed by atoms with E-state index in [0.29, 0.717) is 6.42 Å². The van der Waals surface area contributed by atoms with Gasteiger partial charge >= 0.3 is 0 Å². The van der Waals surface area contributed by atoms with Crippen LogP contribution < -0.4 is 0 Å². The molecular weight excluding hydrogens is 214 g/mol. The van der Waals surface area contributed by atoms with E-state index in [2.05, 4.69) is 21.6 Å². The summed E-state index contributed by atoms with van der Waals surface area (Å²) in [7, 11) is 3.40. The second-order valence-corrected chi connectivity index (χ2v) is 4.54. The number of rotatable bonds is 6.